The number of carboxylic acid groups (broad SMARTS) is 1. The molecular weight excluding hydrogens is 228 g/mol. The molecule has 18 heavy (non-hydrogen) atoms. The van der Waals surface area contributed by atoms with Crippen molar-refractivity contribution < 1.29 is 9.90 Å². The minimum atomic E-state index is -0.687. The topological polar surface area (TPSA) is 66.0 Å². The van der Waals surface area contributed by atoms with Crippen molar-refractivity contribution in [2.75, 3.05) is 0 Å². The molecule has 0 bridgehead atoms. The minimum Gasteiger partial charge on any atom is -0.481 e. The highest BCUT2D eigenvalue weighted by molar-refractivity contribution is 5.79. The molecule has 1 fully saturated rings. The van der Waals surface area contributed by atoms with Crippen LogP contribution in [0.2, 0.25) is 0 Å². The Labute approximate surface area is 105 Å². The van der Waals surface area contributed by atoms with Crippen molar-refractivity contribution >= 4 is 17.0 Å². The van der Waals surface area contributed by atoms with Gasteiger partial charge >= 0.3 is 5.97 Å². The van der Waals surface area contributed by atoms with Crippen molar-refractivity contribution in [2.45, 2.75) is 32.1 Å². The molecule has 1 aliphatic carbocycles. The third-order valence-corrected chi connectivity index (χ3v) is 3.61. The predicted molar refractivity (Wildman–Crippen MR) is 68.7 cm³/mol. The quantitative estimate of drug-likeness (QED) is 0.872. The van der Waals surface area contributed by atoms with Crippen LogP contribution in [0.3, 0.4) is 0 Å². The number of fused-ring (bicyclic) bond motifs is 1. The molecule has 1 aromatic carbocycles. The molecule has 1 saturated carbocycles. The van der Waals surface area contributed by atoms with Gasteiger partial charge in [0, 0.05) is 5.92 Å². The maximum Gasteiger partial charge on any atom is 0.307 e. The number of aliphatic carboxylic acids is 1. The van der Waals surface area contributed by atoms with E-state index in [9.17, 15) is 4.79 Å². The molecular formula is C14H16N2O2. The zero-order chi connectivity index (χ0) is 12.9. The number of benzene rings is 1. The van der Waals surface area contributed by atoms with Crippen LogP contribution in [0.4, 0.5) is 0 Å². The standard InChI is InChI=1S/C14H16N2O2/c1-7(2)13-15-11-4-3-8(5-12(11)16-13)9-6-10(9)14(17)18/h3-5,7,9-10H,6H2,1-2H3,(H,15,16)(H,17,18). The van der Waals surface area contributed by atoms with Crippen LogP contribution in [0, 0.1) is 5.92 Å². The van der Waals surface area contributed by atoms with E-state index in [0.717, 1.165) is 28.8 Å². The molecule has 2 aromatic rings. The normalized spacial score (nSPS) is 22.6. The molecule has 0 spiro atoms. The first-order valence-electron chi connectivity index (χ1n) is 6.28. The number of aromatic amines is 1. The molecule has 0 saturated heterocycles. The first-order valence-corrected chi connectivity index (χ1v) is 6.28. The minimum absolute atomic E-state index is 0.178. The van der Waals surface area contributed by atoms with E-state index in [1.807, 2.05) is 18.2 Å². The summed E-state index contributed by atoms with van der Waals surface area (Å²) in [6.07, 6.45) is 0.756. The molecule has 94 valence electrons. The van der Waals surface area contributed by atoms with Gasteiger partial charge in [0.1, 0.15) is 5.82 Å². The van der Waals surface area contributed by atoms with Gasteiger partial charge in [0.15, 0.2) is 0 Å². The second-order valence-electron chi connectivity index (χ2n) is 5.34. The van der Waals surface area contributed by atoms with Gasteiger partial charge in [-0.2, -0.15) is 0 Å². The fourth-order valence-electron chi connectivity index (χ4n) is 2.39. The third-order valence-electron chi connectivity index (χ3n) is 3.61. The van der Waals surface area contributed by atoms with Crippen LogP contribution in [0.5, 0.6) is 0 Å². The molecule has 1 aliphatic rings. The summed E-state index contributed by atoms with van der Waals surface area (Å²) in [4.78, 5) is 18.7. The number of aromatic nitrogens is 2. The molecule has 2 atom stereocenters. The lowest BCUT2D eigenvalue weighted by molar-refractivity contribution is -0.138. The number of hydrogen-bond donors (Lipinski definition) is 2. The molecule has 2 N–H and O–H groups in total. The molecule has 1 aromatic heterocycles. The predicted octanol–water partition coefficient (Wildman–Crippen LogP) is 2.87. The second kappa shape index (κ2) is 3.83. The summed E-state index contributed by atoms with van der Waals surface area (Å²) in [6.45, 7) is 4.19. The van der Waals surface area contributed by atoms with E-state index in [-0.39, 0.29) is 11.8 Å². The van der Waals surface area contributed by atoms with Crippen molar-refractivity contribution in [1.82, 2.24) is 9.97 Å². The maximum absolute atomic E-state index is 10.9. The van der Waals surface area contributed by atoms with E-state index in [0.29, 0.717) is 5.92 Å². The van der Waals surface area contributed by atoms with Crippen molar-refractivity contribution in [3.8, 4) is 0 Å². The Morgan fingerprint density at radius 3 is 2.89 bits per heavy atom. The number of hydrogen-bond acceptors (Lipinski definition) is 2. The summed E-state index contributed by atoms with van der Waals surface area (Å²) in [5.41, 5.74) is 3.07. The molecule has 3 rings (SSSR count). The van der Waals surface area contributed by atoms with Gasteiger partial charge in [-0.05, 0) is 30.0 Å². The zero-order valence-electron chi connectivity index (χ0n) is 10.5. The highest BCUT2D eigenvalue weighted by atomic mass is 16.4. The molecule has 0 radical (unpaired) electrons. The Morgan fingerprint density at radius 2 is 2.28 bits per heavy atom. The van der Waals surface area contributed by atoms with Gasteiger partial charge in [0.2, 0.25) is 0 Å². The van der Waals surface area contributed by atoms with Crippen LogP contribution in [-0.2, 0) is 4.79 Å². The first-order chi connectivity index (χ1) is 8.56. The number of imidazole rings is 1. The fraction of sp³-hybridized carbons (Fsp3) is 0.429. The lowest BCUT2D eigenvalue weighted by Crippen LogP contribution is -1.98. The van der Waals surface area contributed by atoms with Crippen LogP contribution in [0.25, 0.3) is 11.0 Å². The van der Waals surface area contributed by atoms with Crippen LogP contribution >= 0.6 is 0 Å². The Morgan fingerprint density at radius 1 is 1.50 bits per heavy atom. The number of nitrogens with zero attached hydrogens (tertiary/aromatic N) is 1. The van der Waals surface area contributed by atoms with Crippen molar-refractivity contribution in [3.63, 3.8) is 0 Å². The van der Waals surface area contributed by atoms with Gasteiger partial charge in [-0.3, -0.25) is 4.79 Å². The first kappa shape index (κ1) is 11.3. The Bertz CT molecular complexity index is 615. The van der Waals surface area contributed by atoms with Gasteiger partial charge in [-0.15, -0.1) is 0 Å². The highest BCUT2D eigenvalue weighted by Gasteiger charge is 2.44. The lowest BCUT2D eigenvalue weighted by atomic mass is 10.1. The Kier molecular flexibility index (Phi) is 2.40. The van der Waals surface area contributed by atoms with Crippen molar-refractivity contribution in [3.05, 3.63) is 29.6 Å². The molecule has 0 amide bonds. The van der Waals surface area contributed by atoms with Gasteiger partial charge in [-0.25, -0.2) is 4.98 Å². The SMILES string of the molecule is CC(C)c1nc2ccc(C3CC3C(=O)O)cc2[nH]1. The molecule has 1 heterocycles. The number of carboxylic acids is 1. The van der Waals surface area contributed by atoms with E-state index in [1.165, 1.54) is 0 Å². The van der Waals surface area contributed by atoms with E-state index < -0.39 is 5.97 Å². The summed E-state index contributed by atoms with van der Waals surface area (Å²) < 4.78 is 0. The van der Waals surface area contributed by atoms with E-state index in [2.05, 4.69) is 23.8 Å². The largest absolute Gasteiger partial charge is 0.481 e. The van der Waals surface area contributed by atoms with Crippen LogP contribution in [-0.4, -0.2) is 21.0 Å². The van der Waals surface area contributed by atoms with Crippen LogP contribution < -0.4 is 0 Å². The zero-order valence-corrected chi connectivity index (χ0v) is 10.5. The molecule has 4 nitrogen and oxygen atoms in total. The van der Waals surface area contributed by atoms with Crippen molar-refractivity contribution in [1.29, 1.82) is 0 Å². The second-order valence-corrected chi connectivity index (χ2v) is 5.34. The van der Waals surface area contributed by atoms with E-state index in [4.69, 9.17) is 5.11 Å². The summed E-state index contributed by atoms with van der Waals surface area (Å²) in [7, 11) is 0. The number of rotatable bonds is 3. The van der Waals surface area contributed by atoms with Gasteiger partial charge < -0.3 is 10.1 Å². The number of carbonyl (C=O) groups is 1. The van der Waals surface area contributed by atoms with Gasteiger partial charge in [0.05, 0.1) is 17.0 Å². The molecule has 0 aliphatic heterocycles. The summed E-state index contributed by atoms with van der Waals surface area (Å²) in [5.74, 6) is 0.640. The van der Waals surface area contributed by atoms with Gasteiger partial charge in [0.25, 0.3) is 0 Å². The van der Waals surface area contributed by atoms with Crippen molar-refractivity contribution in [2.24, 2.45) is 5.92 Å². The lowest BCUT2D eigenvalue weighted by Gasteiger charge is -1.98. The Hall–Kier alpha value is -1.84. The number of nitrogens with one attached hydrogen (secondary N) is 1. The summed E-state index contributed by atoms with van der Waals surface area (Å²) in [5, 5.41) is 8.95. The smallest absolute Gasteiger partial charge is 0.307 e. The maximum atomic E-state index is 10.9. The average molecular weight is 244 g/mol. The fourth-order valence-corrected chi connectivity index (χ4v) is 2.39. The molecule has 4 heteroatoms. The van der Waals surface area contributed by atoms with E-state index in [1.54, 1.807) is 0 Å². The van der Waals surface area contributed by atoms with Gasteiger partial charge in [-0.1, -0.05) is 19.9 Å². The third kappa shape index (κ3) is 1.78. The van der Waals surface area contributed by atoms with E-state index >= 15 is 0 Å². The Balaban J connectivity index is 1.94. The summed E-state index contributed by atoms with van der Waals surface area (Å²) >= 11 is 0. The average Bonchev–Trinajstić information content (AvgIpc) is 3.01. The monoisotopic (exact) mass is 244 g/mol. The summed E-state index contributed by atoms with van der Waals surface area (Å²) in [6, 6.07) is 6.02. The van der Waals surface area contributed by atoms with Crippen LogP contribution in [0.1, 0.15) is 43.5 Å². The molecule has 2 unspecified atom stereocenters. The number of H-pyrrole nitrogens is 1. The highest BCUT2D eigenvalue weighted by Crippen LogP contribution is 2.47. The van der Waals surface area contributed by atoms with Crippen LogP contribution in [0.15, 0.2) is 18.2 Å².